The molecule has 1 rings (SSSR count). The first kappa shape index (κ1) is 17.1. The number of halogens is 4. The molecule has 112 valence electrons. The number of carbonyl (C=O) groups is 1. The van der Waals surface area contributed by atoms with Crippen LogP contribution in [0.4, 0.5) is 8.78 Å². The summed E-state index contributed by atoms with van der Waals surface area (Å²) in [6, 6.07) is 1.68. The average molecular weight is 348 g/mol. The largest absolute Gasteiger partial charge is 0.478 e. The van der Waals surface area contributed by atoms with Gasteiger partial charge in [0, 0.05) is 7.05 Å². The van der Waals surface area contributed by atoms with E-state index in [-0.39, 0.29) is 10.0 Å². The Balaban J connectivity index is 3.38. The number of alkyl halides is 2. The third-order valence-electron chi connectivity index (χ3n) is 2.34. The smallest absolute Gasteiger partial charge is 0.337 e. The van der Waals surface area contributed by atoms with E-state index in [2.05, 4.69) is 0 Å². The fourth-order valence-corrected chi connectivity index (χ4v) is 3.32. The Morgan fingerprint density at radius 3 is 2.35 bits per heavy atom. The third-order valence-corrected chi connectivity index (χ3v) is 4.94. The Bertz CT molecular complexity index is 636. The molecule has 0 aliphatic heterocycles. The minimum Gasteiger partial charge on any atom is -0.478 e. The highest BCUT2D eigenvalue weighted by Crippen LogP contribution is 2.30. The molecule has 1 aromatic rings. The van der Waals surface area contributed by atoms with Crippen molar-refractivity contribution in [2.75, 3.05) is 13.6 Å². The molecule has 0 aromatic heterocycles. The van der Waals surface area contributed by atoms with Gasteiger partial charge in [-0.1, -0.05) is 23.2 Å². The van der Waals surface area contributed by atoms with Crippen molar-refractivity contribution in [3.8, 4) is 0 Å². The van der Waals surface area contributed by atoms with Gasteiger partial charge >= 0.3 is 5.97 Å². The van der Waals surface area contributed by atoms with Gasteiger partial charge in [-0.25, -0.2) is 22.0 Å². The number of benzene rings is 1. The SMILES string of the molecule is CN(CC(F)F)S(=O)(=O)c1cc(C(=O)O)c(Cl)cc1Cl. The van der Waals surface area contributed by atoms with E-state index < -0.39 is 39.4 Å². The normalized spacial score (nSPS) is 12.2. The second kappa shape index (κ2) is 6.21. The van der Waals surface area contributed by atoms with Crippen LogP contribution >= 0.6 is 23.2 Å². The van der Waals surface area contributed by atoms with Gasteiger partial charge in [0.05, 0.1) is 22.2 Å². The zero-order valence-corrected chi connectivity index (χ0v) is 12.3. The molecular weight excluding hydrogens is 339 g/mol. The molecular formula is C10H9Cl2F2NO4S. The van der Waals surface area contributed by atoms with Crippen molar-refractivity contribution in [2.45, 2.75) is 11.3 Å². The lowest BCUT2D eigenvalue weighted by molar-refractivity contribution is 0.0696. The zero-order chi connectivity index (χ0) is 15.7. The highest BCUT2D eigenvalue weighted by atomic mass is 35.5. The zero-order valence-electron chi connectivity index (χ0n) is 9.98. The maximum Gasteiger partial charge on any atom is 0.337 e. The standard InChI is InChI=1S/C10H9Cl2F2NO4S/c1-15(4-9(13)14)20(18,19)8-2-5(10(16)17)6(11)3-7(8)12/h2-3,9H,4H2,1H3,(H,16,17). The Morgan fingerprint density at radius 1 is 1.35 bits per heavy atom. The second-order valence-electron chi connectivity index (χ2n) is 3.74. The van der Waals surface area contributed by atoms with E-state index in [0.29, 0.717) is 4.31 Å². The van der Waals surface area contributed by atoms with Crippen molar-refractivity contribution in [1.82, 2.24) is 4.31 Å². The molecule has 0 aliphatic carbocycles. The minimum atomic E-state index is -4.34. The molecule has 10 heteroatoms. The van der Waals surface area contributed by atoms with Gasteiger partial charge in [0.1, 0.15) is 4.90 Å². The molecule has 0 amide bonds. The number of carboxylic acid groups (broad SMARTS) is 1. The molecule has 0 fully saturated rings. The van der Waals surface area contributed by atoms with Crippen molar-refractivity contribution >= 4 is 39.2 Å². The molecule has 0 atom stereocenters. The van der Waals surface area contributed by atoms with Gasteiger partial charge in [-0.3, -0.25) is 0 Å². The molecule has 0 bridgehead atoms. The van der Waals surface area contributed by atoms with Crippen LogP contribution < -0.4 is 0 Å². The summed E-state index contributed by atoms with van der Waals surface area (Å²) in [6.45, 7) is -1.04. The maximum atomic E-state index is 12.2. The number of sulfonamides is 1. The van der Waals surface area contributed by atoms with E-state index in [1.54, 1.807) is 0 Å². The van der Waals surface area contributed by atoms with Crippen LogP contribution in [-0.2, 0) is 10.0 Å². The van der Waals surface area contributed by atoms with Gasteiger partial charge in [-0.2, -0.15) is 4.31 Å². The van der Waals surface area contributed by atoms with Gasteiger partial charge in [-0.05, 0) is 12.1 Å². The Kier molecular flexibility index (Phi) is 5.31. The number of hydrogen-bond donors (Lipinski definition) is 1. The van der Waals surface area contributed by atoms with Crippen LogP contribution in [0.2, 0.25) is 10.0 Å². The molecule has 0 unspecified atom stereocenters. The molecule has 0 radical (unpaired) electrons. The summed E-state index contributed by atoms with van der Waals surface area (Å²) in [6.07, 6.45) is -2.88. The van der Waals surface area contributed by atoms with E-state index in [1.807, 2.05) is 0 Å². The van der Waals surface area contributed by atoms with E-state index >= 15 is 0 Å². The monoisotopic (exact) mass is 347 g/mol. The predicted octanol–water partition coefficient (Wildman–Crippen LogP) is 2.58. The summed E-state index contributed by atoms with van der Waals surface area (Å²) in [5.74, 6) is -1.46. The number of carboxylic acids is 1. The van der Waals surface area contributed by atoms with Crippen LogP contribution in [0.5, 0.6) is 0 Å². The van der Waals surface area contributed by atoms with Crippen molar-refractivity contribution in [3.05, 3.63) is 27.7 Å². The predicted molar refractivity (Wildman–Crippen MR) is 69.2 cm³/mol. The third kappa shape index (κ3) is 3.57. The van der Waals surface area contributed by atoms with Crippen LogP contribution in [0.3, 0.4) is 0 Å². The second-order valence-corrected chi connectivity index (χ2v) is 6.57. The van der Waals surface area contributed by atoms with E-state index in [4.69, 9.17) is 28.3 Å². The molecule has 5 nitrogen and oxygen atoms in total. The lowest BCUT2D eigenvalue weighted by atomic mass is 10.2. The molecule has 1 aromatic carbocycles. The number of rotatable bonds is 5. The Labute approximate surface area is 123 Å². The van der Waals surface area contributed by atoms with Crippen LogP contribution in [-0.4, -0.2) is 43.8 Å². The van der Waals surface area contributed by atoms with Crippen molar-refractivity contribution in [2.24, 2.45) is 0 Å². The van der Waals surface area contributed by atoms with Crippen LogP contribution in [0, 0.1) is 0 Å². The number of nitrogens with zero attached hydrogens (tertiary/aromatic N) is 1. The van der Waals surface area contributed by atoms with Crippen LogP contribution in [0.15, 0.2) is 17.0 Å². The lowest BCUT2D eigenvalue weighted by Crippen LogP contribution is -2.31. The first-order valence-corrected chi connectivity index (χ1v) is 7.23. The summed E-state index contributed by atoms with van der Waals surface area (Å²) in [5, 5.41) is 8.28. The fourth-order valence-electron chi connectivity index (χ4n) is 1.35. The van der Waals surface area contributed by atoms with E-state index in [0.717, 1.165) is 19.2 Å². The number of aromatic carboxylic acids is 1. The molecule has 0 spiro atoms. The lowest BCUT2D eigenvalue weighted by Gasteiger charge is -2.18. The first-order chi connectivity index (χ1) is 9.07. The maximum absolute atomic E-state index is 12.2. The molecule has 0 aliphatic rings. The first-order valence-electron chi connectivity index (χ1n) is 5.04. The Hall–Kier alpha value is -0.960. The molecule has 0 heterocycles. The molecule has 0 saturated heterocycles. The van der Waals surface area contributed by atoms with Gasteiger partial charge < -0.3 is 5.11 Å². The van der Waals surface area contributed by atoms with Crippen LogP contribution in [0.1, 0.15) is 10.4 Å². The quantitative estimate of drug-likeness (QED) is 0.888. The minimum absolute atomic E-state index is 0.252. The fraction of sp³-hybridized carbons (Fsp3) is 0.300. The summed E-state index contributed by atoms with van der Waals surface area (Å²) in [7, 11) is -3.40. The summed E-state index contributed by atoms with van der Waals surface area (Å²) >= 11 is 11.3. The highest BCUT2D eigenvalue weighted by molar-refractivity contribution is 7.89. The van der Waals surface area contributed by atoms with Crippen LogP contribution in [0.25, 0.3) is 0 Å². The number of hydrogen-bond acceptors (Lipinski definition) is 3. The molecule has 20 heavy (non-hydrogen) atoms. The van der Waals surface area contributed by atoms with Gasteiger partial charge in [-0.15, -0.1) is 0 Å². The Morgan fingerprint density at radius 2 is 1.90 bits per heavy atom. The van der Waals surface area contributed by atoms with Crippen molar-refractivity contribution in [3.63, 3.8) is 0 Å². The molecule has 0 saturated carbocycles. The van der Waals surface area contributed by atoms with Crippen molar-refractivity contribution < 1.29 is 27.1 Å². The molecule has 1 N–H and O–H groups in total. The van der Waals surface area contributed by atoms with Gasteiger partial charge in [0.25, 0.3) is 6.43 Å². The summed E-state index contributed by atoms with van der Waals surface area (Å²) in [5.41, 5.74) is -0.486. The van der Waals surface area contributed by atoms with Gasteiger partial charge in [0.15, 0.2) is 0 Å². The highest BCUT2D eigenvalue weighted by Gasteiger charge is 2.28. The summed E-state index contributed by atoms with van der Waals surface area (Å²) < 4.78 is 49.0. The average Bonchev–Trinajstić information content (AvgIpc) is 2.26. The van der Waals surface area contributed by atoms with E-state index in [9.17, 15) is 22.0 Å². The van der Waals surface area contributed by atoms with E-state index in [1.165, 1.54) is 0 Å². The summed E-state index contributed by atoms with van der Waals surface area (Å²) in [4.78, 5) is 10.3. The van der Waals surface area contributed by atoms with Crippen molar-refractivity contribution in [1.29, 1.82) is 0 Å². The van der Waals surface area contributed by atoms with Gasteiger partial charge in [0.2, 0.25) is 10.0 Å². The topological polar surface area (TPSA) is 74.7 Å².